The summed E-state index contributed by atoms with van der Waals surface area (Å²) in [7, 11) is 0. The van der Waals surface area contributed by atoms with Crippen LogP contribution in [0.1, 0.15) is 12.0 Å². The Kier molecular flexibility index (Phi) is 5.60. The quantitative estimate of drug-likeness (QED) is 0.516. The molecule has 0 saturated carbocycles. The average Bonchev–Trinajstić information content (AvgIpc) is 2.59. The van der Waals surface area contributed by atoms with E-state index < -0.39 is 43.5 Å². The van der Waals surface area contributed by atoms with E-state index >= 15 is 0 Å². The largest absolute Gasteiger partial charge is 0.481 e. The highest BCUT2D eigenvalue weighted by Crippen LogP contribution is 2.40. The van der Waals surface area contributed by atoms with Crippen molar-refractivity contribution in [1.82, 2.24) is 0 Å². The number of anilines is 2. The topological polar surface area (TPSA) is 179 Å². The summed E-state index contributed by atoms with van der Waals surface area (Å²) in [5, 5.41) is 44.7. The minimum atomic E-state index is -1.00. The highest BCUT2D eigenvalue weighted by molar-refractivity contribution is 5.81. The maximum atomic E-state index is 11.3. The van der Waals surface area contributed by atoms with Crippen molar-refractivity contribution >= 4 is 34.4 Å². The van der Waals surface area contributed by atoms with Crippen LogP contribution in [0.2, 0.25) is 0 Å². The van der Waals surface area contributed by atoms with E-state index in [2.05, 4.69) is 5.32 Å². The van der Waals surface area contributed by atoms with Crippen molar-refractivity contribution in [2.45, 2.75) is 12.8 Å². The summed E-state index contributed by atoms with van der Waals surface area (Å²) in [6, 6.07) is 7.39. The molecule has 140 valence electrons. The fourth-order valence-corrected chi connectivity index (χ4v) is 2.32. The molecular weight excluding hydrogens is 364 g/mol. The first-order chi connectivity index (χ1) is 12.7. The van der Waals surface area contributed by atoms with Gasteiger partial charge in [0.05, 0.1) is 26.9 Å². The van der Waals surface area contributed by atoms with Crippen LogP contribution in [0, 0.1) is 30.3 Å². The van der Waals surface area contributed by atoms with Crippen LogP contribution >= 0.6 is 0 Å². The molecule has 2 N–H and O–H groups in total. The first-order valence-corrected chi connectivity index (χ1v) is 7.38. The molecule has 0 fully saturated rings. The molecule has 2 rings (SSSR count). The summed E-state index contributed by atoms with van der Waals surface area (Å²) in [5.41, 5.74) is -2.12. The van der Waals surface area contributed by atoms with E-state index in [4.69, 9.17) is 5.11 Å². The molecule has 0 saturated heterocycles. The van der Waals surface area contributed by atoms with Gasteiger partial charge in [0.2, 0.25) is 0 Å². The number of nitro benzene ring substituents is 3. The maximum Gasteiger partial charge on any atom is 0.306 e. The monoisotopic (exact) mass is 376 g/mol. The predicted molar refractivity (Wildman–Crippen MR) is 92.1 cm³/mol. The lowest BCUT2D eigenvalue weighted by molar-refractivity contribution is -0.401. The van der Waals surface area contributed by atoms with Gasteiger partial charge in [0, 0.05) is 12.1 Å². The number of aryl methyl sites for hydroxylation is 1. The second kappa shape index (κ2) is 7.86. The Hall–Kier alpha value is -4.09. The van der Waals surface area contributed by atoms with Crippen LogP contribution in [0.15, 0.2) is 36.4 Å². The third-order valence-electron chi connectivity index (χ3n) is 3.51. The molecule has 0 atom stereocenters. The number of rotatable bonds is 8. The SMILES string of the molecule is O=C(O)CCc1cccc(Nc2c([N+](=O)[O-])cc([N+](=O)[O-])cc2[N+](=O)[O-])c1. The zero-order chi connectivity index (χ0) is 20.1. The fraction of sp³-hybridized carbons (Fsp3) is 0.133. The Balaban J connectivity index is 2.50. The maximum absolute atomic E-state index is 11.3. The molecule has 12 heteroatoms. The smallest absolute Gasteiger partial charge is 0.306 e. The van der Waals surface area contributed by atoms with Gasteiger partial charge in [-0.1, -0.05) is 12.1 Å². The minimum Gasteiger partial charge on any atom is -0.481 e. The second-order valence-electron chi connectivity index (χ2n) is 5.35. The van der Waals surface area contributed by atoms with Gasteiger partial charge in [-0.25, -0.2) is 0 Å². The van der Waals surface area contributed by atoms with Gasteiger partial charge in [-0.05, 0) is 24.1 Å². The summed E-state index contributed by atoms with van der Waals surface area (Å²) in [5.74, 6) is -1.00. The third kappa shape index (κ3) is 4.72. The van der Waals surface area contributed by atoms with E-state index in [0.29, 0.717) is 17.7 Å². The van der Waals surface area contributed by atoms with Crippen molar-refractivity contribution in [3.05, 3.63) is 72.3 Å². The number of carboxylic acid groups (broad SMARTS) is 1. The van der Waals surface area contributed by atoms with Gasteiger partial charge in [0.1, 0.15) is 0 Å². The Morgan fingerprint density at radius 1 is 0.963 bits per heavy atom. The standard InChI is InChI=1S/C15H12N4O8/c20-14(21)5-4-9-2-1-3-10(6-9)16-15-12(18(24)25)7-11(17(22)23)8-13(15)19(26)27/h1-3,6-8,16H,4-5H2,(H,20,21). The molecule has 0 aliphatic carbocycles. The van der Waals surface area contributed by atoms with Crippen LogP contribution in [0.4, 0.5) is 28.4 Å². The molecule has 0 spiro atoms. The number of benzene rings is 2. The lowest BCUT2D eigenvalue weighted by Crippen LogP contribution is -2.04. The lowest BCUT2D eigenvalue weighted by atomic mass is 10.1. The lowest BCUT2D eigenvalue weighted by Gasteiger charge is -2.09. The molecule has 0 aliphatic rings. The molecule has 0 aromatic heterocycles. The zero-order valence-corrected chi connectivity index (χ0v) is 13.5. The number of aliphatic carboxylic acids is 1. The number of hydrogen-bond donors (Lipinski definition) is 2. The van der Waals surface area contributed by atoms with E-state index in [1.807, 2.05) is 0 Å². The van der Waals surface area contributed by atoms with Crippen molar-refractivity contribution in [2.75, 3.05) is 5.32 Å². The average molecular weight is 376 g/mol. The van der Waals surface area contributed by atoms with E-state index in [0.717, 1.165) is 0 Å². The van der Waals surface area contributed by atoms with Gasteiger partial charge in [0.15, 0.2) is 5.69 Å². The second-order valence-corrected chi connectivity index (χ2v) is 5.35. The number of hydrogen-bond acceptors (Lipinski definition) is 8. The summed E-state index contributed by atoms with van der Waals surface area (Å²) >= 11 is 0. The zero-order valence-electron chi connectivity index (χ0n) is 13.5. The molecule has 27 heavy (non-hydrogen) atoms. The number of non-ortho nitro benzene ring substituents is 1. The van der Waals surface area contributed by atoms with Crippen molar-refractivity contribution in [1.29, 1.82) is 0 Å². The molecule has 0 bridgehead atoms. The van der Waals surface area contributed by atoms with Gasteiger partial charge >= 0.3 is 17.3 Å². The molecule has 0 aliphatic heterocycles. The molecule has 0 amide bonds. The molecule has 0 heterocycles. The van der Waals surface area contributed by atoms with Crippen LogP contribution in [-0.4, -0.2) is 25.8 Å². The van der Waals surface area contributed by atoms with E-state index in [1.54, 1.807) is 12.1 Å². The third-order valence-corrected chi connectivity index (χ3v) is 3.51. The molecule has 2 aromatic rings. The van der Waals surface area contributed by atoms with Crippen molar-refractivity contribution in [3.8, 4) is 0 Å². The first kappa shape index (κ1) is 19.2. The van der Waals surface area contributed by atoms with Crippen LogP contribution in [-0.2, 0) is 11.2 Å². The normalized spacial score (nSPS) is 10.2. The van der Waals surface area contributed by atoms with E-state index in [-0.39, 0.29) is 18.5 Å². The number of nitrogens with one attached hydrogen (secondary N) is 1. The van der Waals surface area contributed by atoms with Crippen LogP contribution in [0.25, 0.3) is 0 Å². The Morgan fingerprint density at radius 3 is 2.04 bits per heavy atom. The van der Waals surface area contributed by atoms with Gasteiger partial charge in [-0.15, -0.1) is 0 Å². The minimum absolute atomic E-state index is 0.138. The summed E-state index contributed by atoms with van der Waals surface area (Å²) in [6.07, 6.45) is 0.0522. The molecular formula is C15H12N4O8. The highest BCUT2D eigenvalue weighted by atomic mass is 16.6. The summed E-state index contributed by atoms with van der Waals surface area (Å²) < 4.78 is 0. The van der Waals surface area contributed by atoms with Gasteiger partial charge < -0.3 is 10.4 Å². The van der Waals surface area contributed by atoms with Crippen LogP contribution in [0.3, 0.4) is 0 Å². The van der Waals surface area contributed by atoms with Gasteiger partial charge in [-0.2, -0.15) is 0 Å². The number of nitrogens with zero attached hydrogens (tertiary/aromatic N) is 3. The van der Waals surface area contributed by atoms with E-state index in [1.165, 1.54) is 12.1 Å². The highest BCUT2D eigenvalue weighted by Gasteiger charge is 2.30. The predicted octanol–water partition coefficient (Wildman–Crippen LogP) is 3.17. The summed E-state index contributed by atoms with van der Waals surface area (Å²) in [4.78, 5) is 41.2. The van der Waals surface area contributed by atoms with Gasteiger partial charge in [-0.3, -0.25) is 35.1 Å². The van der Waals surface area contributed by atoms with Crippen LogP contribution in [0.5, 0.6) is 0 Å². The van der Waals surface area contributed by atoms with Crippen molar-refractivity contribution in [3.63, 3.8) is 0 Å². The van der Waals surface area contributed by atoms with Crippen molar-refractivity contribution < 1.29 is 24.7 Å². The van der Waals surface area contributed by atoms with Gasteiger partial charge in [0.25, 0.3) is 5.69 Å². The Morgan fingerprint density at radius 2 is 1.56 bits per heavy atom. The Labute approximate surface area is 150 Å². The molecule has 2 aromatic carbocycles. The number of nitro groups is 3. The summed E-state index contributed by atoms with van der Waals surface area (Å²) in [6.45, 7) is 0. The number of carbonyl (C=O) groups is 1. The van der Waals surface area contributed by atoms with Crippen LogP contribution < -0.4 is 5.32 Å². The Bertz CT molecular complexity index is 908. The molecule has 12 nitrogen and oxygen atoms in total. The first-order valence-electron chi connectivity index (χ1n) is 7.38. The molecule has 0 radical (unpaired) electrons. The fourth-order valence-electron chi connectivity index (χ4n) is 2.32. The van der Waals surface area contributed by atoms with Crippen molar-refractivity contribution in [2.24, 2.45) is 0 Å². The number of carboxylic acids is 1. The molecule has 0 unspecified atom stereocenters. The van der Waals surface area contributed by atoms with E-state index in [9.17, 15) is 35.1 Å².